The Bertz CT molecular complexity index is 1570. The van der Waals surface area contributed by atoms with Gasteiger partial charge >= 0.3 is 5.96 Å². The molecule has 4 heterocycles. The molecule has 5 rings (SSSR count). The predicted octanol–water partition coefficient (Wildman–Crippen LogP) is 8.52. The Morgan fingerprint density at radius 3 is 1.71 bits per heavy atom. The molecule has 0 radical (unpaired) electrons. The highest BCUT2D eigenvalue weighted by Gasteiger charge is 2.39. The average molecular weight is 525 g/mol. The summed E-state index contributed by atoms with van der Waals surface area (Å²) in [5.74, 6) is -0.178. The molecule has 0 unspecified atom stereocenters. The van der Waals surface area contributed by atoms with Crippen molar-refractivity contribution < 1.29 is 0 Å². The average Bonchev–Trinajstić information content (AvgIpc) is 3.66. The Morgan fingerprint density at radius 1 is 0.771 bits per heavy atom. The molecule has 1 aliphatic carbocycles. The summed E-state index contributed by atoms with van der Waals surface area (Å²) in [6, 6.07) is 15.8. The van der Waals surface area contributed by atoms with Gasteiger partial charge < -0.3 is 0 Å². The van der Waals surface area contributed by atoms with E-state index in [1.807, 2.05) is 24.3 Å². The highest BCUT2D eigenvalue weighted by atomic mass is 32.1. The molecule has 166 valence electrons. The summed E-state index contributed by atoms with van der Waals surface area (Å²) < 4.78 is 0. The van der Waals surface area contributed by atoms with Gasteiger partial charge in [-0.1, -0.05) is 25.2 Å². The minimum atomic E-state index is -0.178. The molecule has 10 heteroatoms. The van der Waals surface area contributed by atoms with Crippen LogP contribution >= 0.6 is 45.3 Å². The zero-order chi connectivity index (χ0) is 24.7. The lowest BCUT2D eigenvalue weighted by Gasteiger charge is -2.19. The van der Waals surface area contributed by atoms with Crippen molar-refractivity contribution in [3.63, 3.8) is 0 Å². The molecule has 4 aromatic heterocycles. The van der Waals surface area contributed by atoms with E-state index in [2.05, 4.69) is 45.7 Å². The van der Waals surface area contributed by atoms with E-state index in [-0.39, 0.29) is 17.1 Å². The van der Waals surface area contributed by atoms with E-state index in [1.165, 1.54) is 43.6 Å². The molecule has 0 atom stereocenters. The van der Waals surface area contributed by atoms with Gasteiger partial charge in [-0.2, -0.15) is 10.5 Å². The third-order valence-corrected chi connectivity index (χ3v) is 10.3. The molecule has 0 N–H and O–H groups in total. The van der Waals surface area contributed by atoms with Gasteiger partial charge in [-0.05, 0) is 54.6 Å². The summed E-state index contributed by atoms with van der Waals surface area (Å²) >= 11 is 6.45. The maximum atomic E-state index is 8.96. The summed E-state index contributed by atoms with van der Waals surface area (Å²) in [4.78, 5) is 21.5. The molecule has 4 aromatic rings. The fraction of sp³-hybridized carbons (Fsp3) is 0.120. The first-order valence-electron chi connectivity index (χ1n) is 10.1. The van der Waals surface area contributed by atoms with Gasteiger partial charge in [0.15, 0.2) is 0 Å². The molecule has 0 aliphatic heterocycles. The summed E-state index contributed by atoms with van der Waals surface area (Å²) in [6.07, 6.45) is 0. The van der Waals surface area contributed by atoms with E-state index in [9.17, 15) is 0 Å². The van der Waals surface area contributed by atoms with Crippen molar-refractivity contribution in [1.29, 1.82) is 10.5 Å². The molecule has 6 nitrogen and oxygen atoms in total. The Hall–Kier alpha value is -3.90. The van der Waals surface area contributed by atoms with Gasteiger partial charge in [0, 0.05) is 45.7 Å². The van der Waals surface area contributed by atoms with Crippen LogP contribution in [0.2, 0.25) is 0 Å². The van der Waals surface area contributed by atoms with Crippen LogP contribution in [0.5, 0.6) is 0 Å². The van der Waals surface area contributed by atoms with Gasteiger partial charge in [0.1, 0.15) is 17.1 Å². The smallest absolute Gasteiger partial charge is 0.236 e. The molecule has 0 amide bonds. The van der Waals surface area contributed by atoms with Crippen LogP contribution in [0, 0.1) is 35.8 Å². The molecule has 35 heavy (non-hydrogen) atoms. The normalized spacial score (nSPS) is 12.4. The molecule has 0 aromatic carbocycles. The van der Waals surface area contributed by atoms with Crippen LogP contribution in [0.4, 0.5) is 10.0 Å². The molecule has 0 bridgehead atoms. The lowest BCUT2D eigenvalue weighted by Crippen LogP contribution is -2.13. The second kappa shape index (κ2) is 8.71. The topological polar surface area (TPSA) is 81.0 Å². The van der Waals surface area contributed by atoms with Crippen molar-refractivity contribution in [2.45, 2.75) is 19.3 Å². The van der Waals surface area contributed by atoms with Crippen LogP contribution in [0.15, 0.2) is 46.4 Å². The molecule has 0 fully saturated rings. The minimum Gasteiger partial charge on any atom is -0.236 e. The van der Waals surface area contributed by atoms with E-state index >= 15 is 0 Å². The van der Waals surface area contributed by atoms with E-state index in [1.54, 1.807) is 34.8 Å². The lowest BCUT2D eigenvalue weighted by molar-refractivity contribution is 0.663. The number of fused-ring (bicyclic) bond motifs is 3. The number of rotatable bonds is 4. The van der Waals surface area contributed by atoms with Crippen molar-refractivity contribution in [3.05, 3.63) is 70.4 Å². The molecule has 0 saturated heterocycles. The predicted molar refractivity (Wildman–Crippen MR) is 145 cm³/mol. The number of thiophene rings is 4. The fourth-order valence-corrected chi connectivity index (χ4v) is 8.55. The zero-order valence-corrected chi connectivity index (χ0v) is 21.5. The Morgan fingerprint density at radius 2 is 1.26 bits per heavy atom. The van der Waals surface area contributed by atoms with Gasteiger partial charge in [0.05, 0.1) is 0 Å². The van der Waals surface area contributed by atoms with Crippen LogP contribution in [-0.2, 0) is 5.41 Å². The number of aliphatic imine (C=N–C) groups is 2. The maximum absolute atomic E-state index is 8.96. The van der Waals surface area contributed by atoms with Crippen LogP contribution in [0.25, 0.3) is 39.0 Å². The Kier molecular flexibility index (Phi) is 5.69. The maximum Gasteiger partial charge on any atom is 0.635 e. The molecule has 0 saturated carbocycles. The van der Waals surface area contributed by atoms with Crippen molar-refractivity contribution in [2.75, 3.05) is 0 Å². The number of nitriles is 2. The summed E-state index contributed by atoms with van der Waals surface area (Å²) in [6.45, 7) is 18.5. The van der Waals surface area contributed by atoms with Crippen molar-refractivity contribution in [1.82, 2.24) is 0 Å². The van der Waals surface area contributed by atoms with Crippen LogP contribution < -0.4 is 0 Å². The Labute approximate surface area is 217 Å². The van der Waals surface area contributed by atoms with Crippen LogP contribution in [0.3, 0.4) is 0 Å². The third-order valence-electron chi connectivity index (χ3n) is 5.53. The summed E-state index contributed by atoms with van der Waals surface area (Å²) in [7, 11) is 0. The number of hydrogen-bond acceptors (Lipinski definition) is 8. The fourth-order valence-electron chi connectivity index (χ4n) is 3.83. The standard InChI is InChI=1S/C25H12N6S4/c1-25(2)14-9-18(16-5-7-20(32-16)30-13(11-26)12-27)34-22(14)23-15(25)10-19(35-23)17-6-8-21(33-17)31-24(28-3)29-4/h5-10H,1-2H3. The van der Waals surface area contributed by atoms with Gasteiger partial charge in [0.25, 0.3) is 5.00 Å². The van der Waals surface area contributed by atoms with E-state index < -0.39 is 0 Å². The van der Waals surface area contributed by atoms with Crippen LogP contribution in [0.1, 0.15) is 25.0 Å². The first-order chi connectivity index (χ1) is 16.9. The molecule has 1 aliphatic rings. The number of hydrogen-bond donors (Lipinski definition) is 0. The van der Waals surface area contributed by atoms with Crippen molar-refractivity contribution >= 4 is 67.0 Å². The first-order valence-corrected chi connectivity index (χ1v) is 13.4. The number of guanidine groups is 1. The quantitative estimate of drug-likeness (QED) is 0.152. The highest BCUT2D eigenvalue weighted by Crippen LogP contribution is 2.59. The largest absolute Gasteiger partial charge is 0.635 e. The number of nitrogens with zero attached hydrogens (tertiary/aromatic N) is 6. The lowest BCUT2D eigenvalue weighted by atomic mass is 9.84. The van der Waals surface area contributed by atoms with E-state index in [0.29, 0.717) is 10.0 Å². The van der Waals surface area contributed by atoms with E-state index in [0.717, 1.165) is 19.5 Å². The molecule has 0 spiro atoms. The monoisotopic (exact) mass is 524 g/mol. The summed E-state index contributed by atoms with van der Waals surface area (Å²) in [5.41, 5.74) is 2.32. The van der Waals surface area contributed by atoms with Gasteiger partial charge in [-0.25, -0.2) is 14.7 Å². The highest BCUT2D eigenvalue weighted by molar-refractivity contribution is 7.29. The second-order valence-electron chi connectivity index (χ2n) is 7.93. The molecular formula is C25H12N6S4. The SMILES string of the molecule is [C-]#[N+]C(=Nc1ccc(-c2cc3c(s2)-c2sc(-c4ccc(N=C(C#N)C#N)s4)cc2C3(C)C)s1)[N+]#[C-]. The molecular weight excluding hydrogens is 513 g/mol. The zero-order valence-electron chi connectivity index (χ0n) is 18.3. The van der Waals surface area contributed by atoms with E-state index in [4.69, 9.17) is 23.7 Å². The van der Waals surface area contributed by atoms with Gasteiger partial charge in [0.2, 0.25) is 5.71 Å². The first kappa shape index (κ1) is 22.9. The second-order valence-corrected chi connectivity index (χ2v) is 12.2. The van der Waals surface area contributed by atoms with Gasteiger partial charge in [-0.3, -0.25) is 0 Å². The van der Waals surface area contributed by atoms with Crippen molar-refractivity contribution in [2.24, 2.45) is 9.98 Å². The van der Waals surface area contributed by atoms with Crippen LogP contribution in [-0.4, -0.2) is 11.7 Å². The van der Waals surface area contributed by atoms with Gasteiger partial charge in [-0.15, -0.1) is 34.0 Å². The summed E-state index contributed by atoms with van der Waals surface area (Å²) in [5, 5.41) is 19.2. The third kappa shape index (κ3) is 3.90. The minimum absolute atomic E-state index is 0.138. The Balaban J connectivity index is 1.51. The van der Waals surface area contributed by atoms with Crippen molar-refractivity contribution in [3.8, 4) is 41.4 Å².